The second-order valence-corrected chi connectivity index (χ2v) is 13.0. The van der Waals surface area contributed by atoms with Gasteiger partial charge in [-0.05, 0) is 105 Å². The number of hydrogen-bond acceptors (Lipinski definition) is 12. The van der Waals surface area contributed by atoms with E-state index in [1.807, 2.05) is 41.5 Å². The maximum Gasteiger partial charge on any atom is 0.311 e. The van der Waals surface area contributed by atoms with Gasteiger partial charge in [-0.1, -0.05) is 0 Å². The number of rotatable bonds is 12. The van der Waals surface area contributed by atoms with Crippen molar-refractivity contribution < 1.29 is 29.0 Å². The van der Waals surface area contributed by atoms with Gasteiger partial charge in [0.2, 0.25) is 0 Å². The molecule has 0 aliphatic heterocycles. The predicted molar refractivity (Wildman–Crippen MR) is 165 cm³/mol. The zero-order valence-corrected chi connectivity index (χ0v) is 27.0. The second kappa shape index (κ2) is 14.7. The molecule has 1 N–H and O–H groups in total. The van der Waals surface area contributed by atoms with E-state index in [2.05, 4.69) is 32.6 Å². The molecule has 12 nitrogen and oxygen atoms in total. The molecule has 2 atom stereocenters. The van der Waals surface area contributed by atoms with Crippen molar-refractivity contribution in [1.82, 2.24) is 0 Å². The van der Waals surface area contributed by atoms with E-state index >= 15 is 0 Å². The van der Waals surface area contributed by atoms with Gasteiger partial charge in [-0.25, -0.2) is 0 Å². The van der Waals surface area contributed by atoms with Crippen LogP contribution in [0.3, 0.4) is 0 Å². The molecule has 0 radical (unpaired) electrons. The van der Waals surface area contributed by atoms with Crippen molar-refractivity contribution in [2.75, 3.05) is 0 Å². The van der Waals surface area contributed by atoms with Crippen LogP contribution in [0.25, 0.3) is 0 Å². The number of ketones is 1. The summed E-state index contributed by atoms with van der Waals surface area (Å²) >= 11 is 0. The summed E-state index contributed by atoms with van der Waals surface area (Å²) in [6, 6.07) is 13.8. The molecule has 0 aromatic heterocycles. The standard InChI is InChI=1S/C33H40N6O6/c1-30(2,3)36-38-32(7,20-34)17-15-27(41)44-23-11-9-22(10-12-23)29(43)25-14-13-24(19-26(25)40)45-28(42)16-18-33(8,21-35)39-37-31(4,5)6/h9-14,19,40H,15-18H2,1-8H3. The maximum absolute atomic E-state index is 13.0. The van der Waals surface area contributed by atoms with E-state index in [0.717, 1.165) is 6.07 Å². The molecule has 0 amide bonds. The Balaban J connectivity index is 1.99. The lowest BCUT2D eigenvalue weighted by Crippen LogP contribution is -2.23. The minimum Gasteiger partial charge on any atom is -0.507 e. The molecule has 0 fully saturated rings. The van der Waals surface area contributed by atoms with Crippen molar-refractivity contribution in [3.63, 3.8) is 0 Å². The first-order valence-electron chi connectivity index (χ1n) is 14.4. The molecule has 0 saturated heterocycles. The summed E-state index contributed by atoms with van der Waals surface area (Å²) in [5, 5.41) is 45.9. The zero-order valence-electron chi connectivity index (χ0n) is 27.0. The minimum absolute atomic E-state index is 0.0265. The van der Waals surface area contributed by atoms with Gasteiger partial charge >= 0.3 is 11.9 Å². The van der Waals surface area contributed by atoms with E-state index in [1.54, 1.807) is 13.8 Å². The quantitative estimate of drug-likeness (QED) is 0.113. The average molecular weight is 617 g/mol. The van der Waals surface area contributed by atoms with E-state index < -0.39 is 45.6 Å². The summed E-state index contributed by atoms with van der Waals surface area (Å²) in [5.74, 6) is -1.89. The van der Waals surface area contributed by atoms with E-state index in [4.69, 9.17) is 9.47 Å². The lowest BCUT2D eigenvalue weighted by molar-refractivity contribution is -0.135. The Labute approximate surface area is 263 Å². The van der Waals surface area contributed by atoms with Gasteiger partial charge in [0.15, 0.2) is 16.9 Å². The van der Waals surface area contributed by atoms with Crippen LogP contribution >= 0.6 is 0 Å². The molecule has 0 heterocycles. The highest BCUT2D eigenvalue weighted by molar-refractivity contribution is 6.10. The van der Waals surface area contributed by atoms with Crippen molar-refractivity contribution in [3.8, 4) is 29.4 Å². The van der Waals surface area contributed by atoms with Crippen LogP contribution in [-0.2, 0) is 9.59 Å². The summed E-state index contributed by atoms with van der Waals surface area (Å²) in [6.45, 7) is 14.3. The Bertz CT molecular complexity index is 1540. The molecule has 0 bridgehead atoms. The molecular weight excluding hydrogens is 576 g/mol. The summed E-state index contributed by atoms with van der Waals surface area (Å²) in [6.07, 6.45) is 0.00849. The summed E-state index contributed by atoms with van der Waals surface area (Å²) in [4.78, 5) is 37.8. The number of hydrogen-bond donors (Lipinski definition) is 1. The molecule has 12 heteroatoms. The molecule has 0 saturated carbocycles. The van der Waals surface area contributed by atoms with Gasteiger partial charge in [-0.2, -0.15) is 31.0 Å². The van der Waals surface area contributed by atoms with Crippen molar-refractivity contribution in [2.45, 2.75) is 103 Å². The van der Waals surface area contributed by atoms with E-state index in [9.17, 15) is 30.0 Å². The molecule has 2 unspecified atom stereocenters. The van der Waals surface area contributed by atoms with Crippen LogP contribution in [0.1, 0.15) is 97.0 Å². The molecular formula is C33H40N6O6. The van der Waals surface area contributed by atoms with Gasteiger partial charge < -0.3 is 14.6 Å². The minimum atomic E-state index is -1.20. The number of azo groups is 2. The first-order valence-corrected chi connectivity index (χ1v) is 14.4. The Morgan fingerprint density at radius 2 is 1.11 bits per heavy atom. The molecule has 45 heavy (non-hydrogen) atoms. The van der Waals surface area contributed by atoms with Crippen LogP contribution in [0.2, 0.25) is 0 Å². The van der Waals surface area contributed by atoms with Gasteiger partial charge in [0.05, 0.1) is 28.8 Å². The largest absolute Gasteiger partial charge is 0.507 e. The van der Waals surface area contributed by atoms with Gasteiger partial charge in [0.1, 0.15) is 17.2 Å². The highest BCUT2D eigenvalue weighted by atomic mass is 16.5. The second-order valence-electron chi connectivity index (χ2n) is 13.0. The fraction of sp³-hybridized carbons (Fsp3) is 0.485. The lowest BCUT2D eigenvalue weighted by Gasteiger charge is -2.17. The Kier molecular flexibility index (Phi) is 11.8. The molecule has 0 aliphatic rings. The Morgan fingerprint density at radius 3 is 1.51 bits per heavy atom. The SMILES string of the molecule is CC(C)(C)N=NC(C)(C#N)CCC(=O)Oc1ccc(C(=O)c2ccc(OC(=O)CCC(C)(C#N)N=NC(C)(C)C)cc2O)cc1. The van der Waals surface area contributed by atoms with Gasteiger partial charge in [-0.15, -0.1) is 0 Å². The number of benzene rings is 2. The molecule has 238 valence electrons. The molecule has 2 aromatic rings. The molecule has 2 rings (SSSR count). The van der Waals surface area contributed by atoms with Crippen molar-refractivity contribution in [1.29, 1.82) is 10.5 Å². The van der Waals surface area contributed by atoms with Crippen molar-refractivity contribution in [3.05, 3.63) is 53.6 Å². The van der Waals surface area contributed by atoms with Crippen LogP contribution in [0.5, 0.6) is 17.2 Å². The smallest absolute Gasteiger partial charge is 0.311 e. The first-order chi connectivity index (χ1) is 20.8. The molecule has 2 aromatic carbocycles. The summed E-state index contributed by atoms with van der Waals surface area (Å²) in [7, 11) is 0. The molecule has 0 aliphatic carbocycles. The van der Waals surface area contributed by atoms with E-state index in [0.29, 0.717) is 0 Å². The average Bonchev–Trinajstić information content (AvgIpc) is 2.96. The van der Waals surface area contributed by atoms with Gasteiger partial charge in [0, 0.05) is 24.5 Å². The highest BCUT2D eigenvalue weighted by Crippen LogP contribution is 2.28. The predicted octanol–water partition coefficient (Wildman–Crippen LogP) is 7.06. The number of aromatic hydroxyl groups is 1. The highest BCUT2D eigenvalue weighted by Gasteiger charge is 2.27. The number of nitrogens with zero attached hydrogens (tertiary/aromatic N) is 6. The van der Waals surface area contributed by atoms with E-state index in [-0.39, 0.29) is 48.3 Å². The molecule has 0 spiro atoms. The number of nitriles is 2. The summed E-state index contributed by atoms with van der Waals surface area (Å²) in [5.41, 5.74) is -3.10. The van der Waals surface area contributed by atoms with Crippen LogP contribution in [0.15, 0.2) is 62.9 Å². The normalized spacial score (nSPS) is 14.6. The topological polar surface area (TPSA) is 187 Å². The third-order valence-electron chi connectivity index (χ3n) is 6.05. The van der Waals surface area contributed by atoms with Crippen molar-refractivity contribution in [2.24, 2.45) is 20.5 Å². The fourth-order valence-corrected chi connectivity index (χ4v) is 3.43. The maximum atomic E-state index is 13.0. The lowest BCUT2D eigenvalue weighted by atomic mass is 9.99. The van der Waals surface area contributed by atoms with E-state index in [1.165, 1.54) is 36.4 Å². The van der Waals surface area contributed by atoms with Crippen molar-refractivity contribution >= 4 is 17.7 Å². The Hall–Kier alpha value is -4.97. The number of phenolic OH excluding ortho intramolecular Hbond substituents is 1. The van der Waals surface area contributed by atoms with Gasteiger partial charge in [-0.3, -0.25) is 14.4 Å². The third-order valence-corrected chi connectivity index (χ3v) is 6.05. The third kappa shape index (κ3) is 12.3. The number of ether oxygens (including phenoxy) is 2. The van der Waals surface area contributed by atoms with Crippen LogP contribution in [0, 0.1) is 22.7 Å². The number of carbonyl (C=O) groups is 3. The fourth-order valence-electron chi connectivity index (χ4n) is 3.43. The number of carbonyl (C=O) groups excluding carboxylic acids is 3. The van der Waals surface area contributed by atoms with Crippen LogP contribution in [-0.4, -0.2) is 45.0 Å². The Morgan fingerprint density at radius 1 is 0.689 bits per heavy atom. The zero-order chi connectivity index (χ0) is 34.1. The monoisotopic (exact) mass is 616 g/mol. The summed E-state index contributed by atoms with van der Waals surface area (Å²) < 4.78 is 10.6. The van der Waals surface area contributed by atoms with Gasteiger partial charge in [0.25, 0.3) is 0 Å². The van der Waals surface area contributed by atoms with Crippen LogP contribution in [0.4, 0.5) is 0 Å². The number of esters is 2. The van der Waals surface area contributed by atoms with Crippen LogP contribution < -0.4 is 9.47 Å². The first kappa shape index (κ1) is 36.2. The number of phenols is 1.